The highest BCUT2D eigenvalue weighted by Gasteiger charge is 2.20. The molecule has 1 amide bonds. The zero-order valence-electron chi connectivity index (χ0n) is 14.1. The molecule has 0 aliphatic carbocycles. The second kappa shape index (κ2) is 9.08. The van der Waals surface area contributed by atoms with Gasteiger partial charge in [0.15, 0.2) is 6.10 Å². The van der Waals surface area contributed by atoms with Crippen molar-refractivity contribution < 1.29 is 19.1 Å². The molecule has 0 saturated heterocycles. The highest BCUT2D eigenvalue weighted by Crippen LogP contribution is 2.22. The quantitative estimate of drug-likeness (QED) is 0.746. The first-order valence-electron chi connectivity index (χ1n) is 8.04. The molecule has 25 heavy (non-hydrogen) atoms. The van der Waals surface area contributed by atoms with Crippen molar-refractivity contribution >= 4 is 29.2 Å². The Balaban J connectivity index is 2.10. The number of para-hydroxylation sites is 1. The number of carbonyl (C=O) groups is 2. The van der Waals surface area contributed by atoms with Crippen molar-refractivity contribution in [3.63, 3.8) is 0 Å². The molecule has 0 aliphatic rings. The first kappa shape index (κ1) is 18.8. The summed E-state index contributed by atoms with van der Waals surface area (Å²) in [6.45, 7) is 3.82. The van der Waals surface area contributed by atoms with E-state index in [-0.39, 0.29) is 23.1 Å². The zero-order valence-corrected chi connectivity index (χ0v) is 14.9. The van der Waals surface area contributed by atoms with Crippen molar-refractivity contribution in [3.05, 3.63) is 59.1 Å². The van der Waals surface area contributed by atoms with Gasteiger partial charge in [0.1, 0.15) is 5.75 Å². The van der Waals surface area contributed by atoms with E-state index in [4.69, 9.17) is 21.1 Å². The second-order valence-corrected chi connectivity index (χ2v) is 5.64. The van der Waals surface area contributed by atoms with E-state index >= 15 is 0 Å². The summed E-state index contributed by atoms with van der Waals surface area (Å²) in [4.78, 5) is 24.3. The maximum Gasteiger partial charge on any atom is 0.339 e. The number of esters is 1. The van der Waals surface area contributed by atoms with Gasteiger partial charge in [0.25, 0.3) is 5.91 Å². The zero-order chi connectivity index (χ0) is 18.2. The van der Waals surface area contributed by atoms with Gasteiger partial charge in [-0.05, 0) is 43.7 Å². The largest absolute Gasteiger partial charge is 0.481 e. The molecular formula is C19H20ClNO4. The Hall–Kier alpha value is -2.53. The van der Waals surface area contributed by atoms with E-state index in [1.807, 2.05) is 25.1 Å². The van der Waals surface area contributed by atoms with Gasteiger partial charge in [0.2, 0.25) is 0 Å². The van der Waals surface area contributed by atoms with Crippen molar-refractivity contribution in [1.29, 1.82) is 0 Å². The first-order chi connectivity index (χ1) is 12.0. The average Bonchev–Trinajstić information content (AvgIpc) is 2.62. The van der Waals surface area contributed by atoms with Crippen LogP contribution in [0.4, 0.5) is 5.69 Å². The van der Waals surface area contributed by atoms with Crippen molar-refractivity contribution in [3.8, 4) is 5.75 Å². The van der Waals surface area contributed by atoms with Crippen LogP contribution in [-0.4, -0.2) is 24.6 Å². The fourth-order valence-electron chi connectivity index (χ4n) is 2.18. The third kappa shape index (κ3) is 5.22. The summed E-state index contributed by atoms with van der Waals surface area (Å²) in [5, 5.41) is 3.02. The molecule has 2 aromatic carbocycles. The summed E-state index contributed by atoms with van der Waals surface area (Å²) >= 11 is 6.02. The molecule has 6 heteroatoms. The number of anilines is 1. The van der Waals surface area contributed by atoms with Crippen LogP contribution in [0, 0.1) is 0 Å². The van der Waals surface area contributed by atoms with Crippen molar-refractivity contribution in [2.45, 2.75) is 26.4 Å². The summed E-state index contributed by atoms with van der Waals surface area (Å²) in [7, 11) is 0. The third-order valence-electron chi connectivity index (χ3n) is 3.41. The number of halogens is 1. The molecule has 0 fully saturated rings. The molecule has 0 heterocycles. The lowest BCUT2D eigenvalue weighted by atomic mass is 10.2. The molecule has 0 bridgehead atoms. The summed E-state index contributed by atoms with van der Waals surface area (Å²) < 4.78 is 10.7. The minimum absolute atomic E-state index is 0.207. The maximum atomic E-state index is 12.5. The molecule has 0 aliphatic heterocycles. The van der Waals surface area contributed by atoms with Gasteiger partial charge in [0.05, 0.1) is 17.2 Å². The smallest absolute Gasteiger partial charge is 0.339 e. The molecule has 0 saturated carbocycles. The van der Waals surface area contributed by atoms with Crippen LogP contribution in [0.25, 0.3) is 0 Å². The van der Waals surface area contributed by atoms with Crippen molar-refractivity contribution in [2.75, 3.05) is 11.9 Å². The van der Waals surface area contributed by atoms with Crippen LogP contribution in [-0.2, 0) is 9.53 Å². The molecule has 0 spiro atoms. The lowest BCUT2D eigenvalue weighted by Crippen LogP contribution is -2.32. The highest BCUT2D eigenvalue weighted by atomic mass is 35.5. The van der Waals surface area contributed by atoms with Gasteiger partial charge in [-0.25, -0.2) is 4.79 Å². The Labute approximate surface area is 151 Å². The Morgan fingerprint density at radius 3 is 2.48 bits per heavy atom. The molecule has 0 unspecified atom stereocenters. The molecule has 1 atom stereocenters. The number of hydrogen-bond donors (Lipinski definition) is 1. The van der Waals surface area contributed by atoms with Gasteiger partial charge < -0.3 is 14.8 Å². The second-order valence-electron chi connectivity index (χ2n) is 5.23. The average molecular weight is 362 g/mol. The third-order valence-corrected chi connectivity index (χ3v) is 3.74. The van der Waals surface area contributed by atoms with Crippen LogP contribution in [0.2, 0.25) is 5.02 Å². The number of hydrogen-bond acceptors (Lipinski definition) is 4. The van der Waals surface area contributed by atoms with E-state index in [9.17, 15) is 9.59 Å². The van der Waals surface area contributed by atoms with Crippen LogP contribution in [0.15, 0.2) is 48.5 Å². The van der Waals surface area contributed by atoms with Gasteiger partial charge in [-0.2, -0.15) is 0 Å². The normalized spacial score (nSPS) is 11.5. The Bertz CT molecular complexity index is 733. The van der Waals surface area contributed by atoms with E-state index in [0.29, 0.717) is 17.9 Å². The van der Waals surface area contributed by atoms with Crippen LogP contribution in [0.3, 0.4) is 0 Å². The highest BCUT2D eigenvalue weighted by molar-refractivity contribution is 6.33. The first-order valence-corrected chi connectivity index (χ1v) is 8.42. The van der Waals surface area contributed by atoms with Crippen LogP contribution in [0.1, 0.15) is 30.6 Å². The van der Waals surface area contributed by atoms with E-state index in [2.05, 4.69) is 5.32 Å². The maximum absolute atomic E-state index is 12.5. The lowest BCUT2D eigenvalue weighted by molar-refractivity contribution is -0.122. The molecule has 132 valence electrons. The van der Waals surface area contributed by atoms with Crippen molar-refractivity contribution in [2.24, 2.45) is 0 Å². The Morgan fingerprint density at radius 2 is 1.84 bits per heavy atom. The van der Waals surface area contributed by atoms with Gasteiger partial charge in [-0.1, -0.05) is 36.7 Å². The summed E-state index contributed by atoms with van der Waals surface area (Å²) in [5.74, 6) is -0.215. The summed E-state index contributed by atoms with van der Waals surface area (Å²) in [5.41, 5.74) is 0.658. The van der Waals surface area contributed by atoms with Gasteiger partial charge in [0, 0.05) is 5.69 Å². The Kier molecular flexibility index (Phi) is 6.83. The van der Waals surface area contributed by atoms with E-state index in [1.54, 1.807) is 31.2 Å². The molecule has 2 aromatic rings. The standard InChI is InChI=1S/C19H20ClNO4/c1-3-17(25-14-8-6-5-7-9-14)18(22)21-13-10-11-16(20)15(12-13)19(23)24-4-2/h5-12,17H,3-4H2,1-2H3,(H,21,22)/t17-/m0/s1. The number of carbonyl (C=O) groups excluding carboxylic acids is 2. The predicted octanol–water partition coefficient (Wildman–Crippen LogP) is 4.31. The molecular weight excluding hydrogens is 342 g/mol. The predicted molar refractivity (Wildman–Crippen MR) is 97.2 cm³/mol. The topological polar surface area (TPSA) is 64.6 Å². The number of nitrogens with one attached hydrogen (secondary N) is 1. The lowest BCUT2D eigenvalue weighted by Gasteiger charge is -2.17. The van der Waals surface area contributed by atoms with Crippen molar-refractivity contribution in [1.82, 2.24) is 0 Å². The molecule has 1 N–H and O–H groups in total. The monoisotopic (exact) mass is 361 g/mol. The SMILES string of the molecule is CCOC(=O)c1cc(NC(=O)[C@H](CC)Oc2ccccc2)ccc1Cl. The molecule has 0 aromatic heterocycles. The van der Waals surface area contributed by atoms with Gasteiger partial charge in [-0.15, -0.1) is 0 Å². The van der Waals surface area contributed by atoms with E-state index in [1.165, 1.54) is 6.07 Å². The minimum atomic E-state index is -0.649. The number of rotatable bonds is 7. The number of amides is 1. The fraction of sp³-hybridized carbons (Fsp3) is 0.263. The number of benzene rings is 2. The summed E-state index contributed by atoms with van der Waals surface area (Å²) in [6, 6.07) is 13.8. The Morgan fingerprint density at radius 1 is 1.12 bits per heavy atom. The number of ether oxygens (including phenoxy) is 2. The fourth-order valence-corrected chi connectivity index (χ4v) is 2.37. The molecule has 0 radical (unpaired) electrons. The molecule has 5 nitrogen and oxygen atoms in total. The van der Waals surface area contributed by atoms with E-state index in [0.717, 1.165) is 0 Å². The van der Waals surface area contributed by atoms with Crippen LogP contribution >= 0.6 is 11.6 Å². The van der Waals surface area contributed by atoms with Gasteiger partial charge in [-0.3, -0.25) is 4.79 Å². The summed E-state index contributed by atoms with van der Waals surface area (Å²) in [6.07, 6.45) is -0.150. The van der Waals surface area contributed by atoms with Gasteiger partial charge >= 0.3 is 5.97 Å². The molecule has 2 rings (SSSR count). The minimum Gasteiger partial charge on any atom is -0.481 e. The van der Waals surface area contributed by atoms with Crippen LogP contribution < -0.4 is 10.1 Å². The van der Waals surface area contributed by atoms with E-state index < -0.39 is 12.1 Å². The van der Waals surface area contributed by atoms with Crippen LogP contribution in [0.5, 0.6) is 5.75 Å².